The molecule has 0 spiro atoms. The first kappa shape index (κ1) is 11.9. The van der Waals surface area contributed by atoms with Gasteiger partial charge in [0.2, 0.25) is 0 Å². The zero-order chi connectivity index (χ0) is 12.3. The summed E-state index contributed by atoms with van der Waals surface area (Å²) in [5, 5.41) is 12.9. The molecule has 0 atom stereocenters. The summed E-state index contributed by atoms with van der Waals surface area (Å²) in [6.45, 7) is 0. The molecule has 4 nitrogen and oxygen atoms in total. The highest BCUT2D eigenvalue weighted by atomic mass is 16.5. The average Bonchev–Trinajstić information content (AvgIpc) is 2.78. The number of anilines is 1. The minimum atomic E-state index is -1.21. The Balaban J connectivity index is 2.12. The molecule has 0 aliphatic heterocycles. The van der Waals surface area contributed by atoms with Crippen molar-refractivity contribution >= 4 is 11.6 Å². The molecule has 17 heavy (non-hydrogen) atoms. The monoisotopic (exact) mass is 235 g/mol. The Morgan fingerprint density at radius 3 is 2.65 bits per heavy atom. The van der Waals surface area contributed by atoms with Gasteiger partial charge in [0.1, 0.15) is 11.4 Å². The summed E-state index contributed by atoms with van der Waals surface area (Å²) in [5.41, 5.74) is -0.610. The highest BCUT2D eigenvalue weighted by Crippen LogP contribution is 2.32. The molecule has 2 rings (SSSR count). The summed E-state index contributed by atoms with van der Waals surface area (Å²) in [5.74, 6) is 0.266. The van der Waals surface area contributed by atoms with Crippen molar-refractivity contribution in [3.8, 4) is 5.75 Å². The highest BCUT2D eigenvalue weighted by molar-refractivity contribution is 5.98. The Kier molecular flexibility index (Phi) is 3.33. The summed E-state index contributed by atoms with van der Waals surface area (Å²) in [6, 6.07) is 7.18. The number of rotatable bonds is 3. The molecular formula is C13H17NO3. The molecule has 0 radical (unpaired) electrons. The van der Waals surface area contributed by atoms with Crippen LogP contribution in [-0.2, 0) is 4.79 Å². The van der Waals surface area contributed by atoms with E-state index in [1.54, 1.807) is 19.2 Å². The summed E-state index contributed by atoms with van der Waals surface area (Å²) >= 11 is 0. The second-order valence-electron chi connectivity index (χ2n) is 4.39. The van der Waals surface area contributed by atoms with Crippen LogP contribution in [0.4, 0.5) is 5.69 Å². The molecule has 1 saturated carbocycles. The van der Waals surface area contributed by atoms with Crippen LogP contribution in [0.2, 0.25) is 0 Å². The quantitative estimate of drug-likeness (QED) is 0.841. The van der Waals surface area contributed by atoms with E-state index in [1.807, 2.05) is 12.1 Å². The third kappa shape index (κ3) is 2.42. The minimum absolute atomic E-state index is 0.334. The highest BCUT2D eigenvalue weighted by Gasteiger charge is 2.38. The molecule has 0 heterocycles. The van der Waals surface area contributed by atoms with Crippen molar-refractivity contribution in [2.24, 2.45) is 0 Å². The van der Waals surface area contributed by atoms with E-state index in [-0.39, 0.29) is 5.91 Å². The lowest BCUT2D eigenvalue weighted by Crippen LogP contribution is -2.40. The molecule has 1 aliphatic rings. The van der Waals surface area contributed by atoms with Gasteiger partial charge in [-0.2, -0.15) is 0 Å². The average molecular weight is 235 g/mol. The molecule has 1 fully saturated rings. The maximum atomic E-state index is 12.0. The van der Waals surface area contributed by atoms with E-state index in [1.165, 1.54) is 0 Å². The Labute approximate surface area is 101 Å². The first-order valence-electron chi connectivity index (χ1n) is 5.82. The van der Waals surface area contributed by atoms with Crippen molar-refractivity contribution < 1.29 is 14.6 Å². The van der Waals surface area contributed by atoms with Gasteiger partial charge in [0.25, 0.3) is 5.91 Å². The maximum Gasteiger partial charge on any atom is 0.256 e. The number of nitrogens with one attached hydrogen (secondary N) is 1. The third-order valence-corrected chi connectivity index (χ3v) is 3.21. The molecule has 4 heteroatoms. The fraction of sp³-hybridized carbons (Fsp3) is 0.462. The second-order valence-corrected chi connectivity index (χ2v) is 4.39. The number of ether oxygens (including phenoxy) is 1. The minimum Gasteiger partial charge on any atom is -0.495 e. The van der Waals surface area contributed by atoms with Crippen molar-refractivity contribution in [2.45, 2.75) is 31.3 Å². The van der Waals surface area contributed by atoms with Crippen LogP contribution in [0.15, 0.2) is 24.3 Å². The number of aliphatic hydroxyl groups is 1. The number of benzene rings is 1. The largest absolute Gasteiger partial charge is 0.495 e. The SMILES string of the molecule is COc1ccccc1NC(=O)C1(O)CCCC1. The van der Waals surface area contributed by atoms with Gasteiger partial charge < -0.3 is 15.2 Å². The van der Waals surface area contributed by atoms with E-state index < -0.39 is 5.60 Å². The molecule has 1 aromatic rings. The van der Waals surface area contributed by atoms with Crippen LogP contribution in [-0.4, -0.2) is 23.7 Å². The molecule has 1 aliphatic carbocycles. The molecule has 92 valence electrons. The van der Waals surface area contributed by atoms with Crippen LogP contribution in [0.3, 0.4) is 0 Å². The van der Waals surface area contributed by atoms with Crippen molar-refractivity contribution in [3.05, 3.63) is 24.3 Å². The number of methoxy groups -OCH3 is 1. The topological polar surface area (TPSA) is 58.6 Å². The van der Waals surface area contributed by atoms with Crippen molar-refractivity contribution in [3.63, 3.8) is 0 Å². The van der Waals surface area contributed by atoms with Crippen LogP contribution >= 0.6 is 0 Å². The van der Waals surface area contributed by atoms with Gasteiger partial charge in [-0.1, -0.05) is 12.1 Å². The first-order chi connectivity index (χ1) is 8.15. The fourth-order valence-corrected chi connectivity index (χ4v) is 2.17. The number of carbonyl (C=O) groups excluding carboxylic acids is 1. The van der Waals surface area contributed by atoms with Crippen LogP contribution in [0, 0.1) is 0 Å². The van der Waals surface area contributed by atoms with Crippen molar-refractivity contribution in [1.82, 2.24) is 0 Å². The van der Waals surface area contributed by atoms with Gasteiger partial charge in [-0.15, -0.1) is 0 Å². The summed E-state index contributed by atoms with van der Waals surface area (Å²) in [6.07, 6.45) is 2.87. The van der Waals surface area contributed by atoms with Crippen LogP contribution < -0.4 is 10.1 Å². The lowest BCUT2D eigenvalue weighted by Gasteiger charge is -2.21. The fourth-order valence-electron chi connectivity index (χ4n) is 2.17. The normalized spacial score (nSPS) is 17.8. The van der Waals surface area contributed by atoms with Crippen molar-refractivity contribution in [2.75, 3.05) is 12.4 Å². The number of hydrogen-bond acceptors (Lipinski definition) is 3. The van der Waals surface area contributed by atoms with Crippen LogP contribution in [0.1, 0.15) is 25.7 Å². The number of carbonyl (C=O) groups is 1. The molecule has 1 amide bonds. The first-order valence-corrected chi connectivity index (χ1v) is 5.82. The predicted molar refractivity (Wildman–Crippen MR) is 65.0 cm³/mol. The van der Waals surface area contributed by atoms with E-state index >= 15 is 0 Å². The van der Waals surface area contributed by atoms with E-state index in [9.17, 15) is 9.90 Å². The Morgan fingerprint density at radius 1 is 1.35 bits per heavy atom. The Bertz CT molecular complexity index is 411. The number of amides is 1. The van der Waals surface area contributed by atoms with E-state index in [0.717, 1.165) is 12.8 Å². The smallest absolute Gasteiger partial charge is 0.256 e. The molecule has 0 unspecified atom stereocenters. The molecule has 1 aromatic carbocycles. The van der Waals surface area contributed by atoms with Gasteiger partial charge in [-0.05, 0) is 37.8 Å². The summed E-state index contributed by atoms with van der Waals surface area (Å²) in [4.78, 5) is 12.0. The third-order valence-electron chi connectivity index (χ3n) is 3.21. The Morgan fingerprint density at radius 2 is 2.00 bits per heavy atom. The van der Waals surface area contributed by atoms with E-state index in [4.69, 9.17) is 4.74 Å². The summed E-state index contributed by atoms with van der Waals surface area (Å²) in [7, 11) is 1.55. The summed E-state index contributed by atoms with van der Waals surface area (Å²) < 4.78 is 5.15. The molecule has 0 bridgehead atoms. The van der Waals surface area contributed by atoms with Gasteiger partial charge in [-0.25, -0.2) is 0 Å². The molecule has 0 aromatic heterocycles. The molecule has 0 saturated heterocycles. The zero-order valence-corrected chi connectivity index (χ0v) is 9.90. The van der Waals surface area contributed by atoms with Gasteiger partial charge in [0.15, 0.2) is 0 Å². The van der Waals surface area contributed by atoms with Gasteiger partial charge in [0.05, 0.1) is 12.8 Å². The van der Waals surface area contributed by atoms with E-state index in [0.29, 0.717) is 24.3 Å². The van der Waals surface area contributed by atoms with Crippen LogP contribution in [0.25, 0.3) is 0 Å². The van der Waals surface area contributed by atoms with Gasteiger partial charge in [0, 0.05) is 0 Å². The second kappa shape index (κ2) is 4.75. The van der Waals surface area contributed by atoms with Gasteiger partial charge in [-0.3, -0.25) is 4.79 Å². The van der Waals surface area contributed by atoms with E-state index in [2.05, 4.69) is 5.32 Å². The predicted octanol–water partition coefficient (Wildman–Crippen LogP) is 1.94. The zero-order valence-electron chi connectivity index (χ0n) is 9.90. The lowest BCUT2D eigenvalue weighted by atomic mass is 10.0. The van der Waals surface area contributed by atoms with Gasteiger partial charge >= 0.3 is 0 Å². The Hall–Kier alpha value is -1.55. The maximum absolute atomic E-state index is 12.0. The lowest BCUT2D eigenvalue weighted by molar-refractivity contribution is -0.133. The van der Waals surface area contributed by atoms with Crippen LogP contribution in [0.5, 0.6) is 5.75 Å². The standard InChI is InChI=1S/C13H17NO3/c1-17-11-7-3-2-6-10(11)14-12(15)13(16)8-4-5-9-13/h2-3,6-7,16H,4-5,8-9H2,1H3,(H,14,15). The number of hydrogen-bond donors (Lipinski definition) is 2. The van der Waals surface area contributed by atoms with Crippen molar-refractivity contribution in [1.29, 1.82) is 0 Å². The number of para-hydroxylation sites is 2. The molecule has 2 N–H and O–H groups in total. The molecular weight excluding hydrogens is 218 g/mol.